The van der Waals surface area contributed by atoms with Crippen molar-refractivity contribution >= 4 is 34.8 Å². The van der Waals surface area contributed by atoms with E-state index in [2.05, 4.69) is 86.6 Å². The number of nitrogens with one attached hydrogen (secondary N) is 5. The minimum absolute atomic E-state index is 0.109. The van der Waals surface area contributed by atoms with Gasteiger partial charge in [0, 0.05) is 12.1 Å². The van der Waals surface area contributed by atoms with Gasteiger partial charge in [0.2, 0.25) is 11.8 Å². The summed E-state index contributed by atoms with van der Waals surface area (Å²) < 4.78 is 9.67. The van der Waals surface area contributed by atoms with Crippen LogP contribution < -0.4 is 16.0 Å². The minimum Gasteiger partial charge on any atom is -0.453 e. The molecule has 2 aromatic heterocycles. The number of H-pyrrole nitrogens is 2. The van der Waals surface area contributed by atoms with Gasteiger partial charge in [-0.05, 0) is 94.5 Å². The van der Waals surface area contributed by atoms with E-state index in [1.165, 1.54) is 14.2 Å². The largest absolute Gasteiger partial charge is 0.453 e. The molecule has 0 unspecified atom stereocenters. The zero-order valence-corrected chi connectivity index (χ0v) is 37.2. The number of nitrogens with zero attached hydrogens (tertiary/aromatic N) is 3. The van der Waals surface area contributed by atoms with Crippen molar-refractivity contribution in [3.63, 3.8) is 0 Å². The van der Waals surface area contributed by atoms with Gasteiger partial charge in [-0.1, -0.05) is 106 Å². The molecule has 0 bridgehead atoms. The molecular weight excluding hydrogens is 821 g/mol. The molecule has 65 heavy (non-hydrogen) atoms. The first-order chi connectivity index (χ1) is 31.5. The van der Waals surface area contributed by atoms with Crippen LogP contribution in [0.5, 0.6) is 0 Å². The zero-order chi connectivity index (χ0) is 45.2. The van der Waals surface area contributed by atoms with E-state index >= 15 is 0 Å². The second-order valence-electron chi connectivity index (χ2n) is 18.3. The van der Waals surface area contributed by atoms with E-state index in [0.717, 1.165) is 95.2 Å². The monoisotopic (exact) mass is 876 g/mol. The molecule has 2 aliphatic carbocycles. The molecule has 5 N–H and O–H groups in total. The highest BCUT2D eigenvalue weighted by atomic mass is 16.5. The van der Waals surface area contributed by atoms with Crippen LogP contribution in [0.15, 0.2) is 103 Å². The molecule has 2 saturated carbocycles. The molecule has 3 fully saturated rings. The van der Waals surface area contributed by atoms with Crippen LogP contribution in [-0.4, -0.2) is 75.6 Å². The van der Waals surface area contributed by atoms with Crippen LogP contribution in [0.1, 0.15) is 94.1 Å². The summed E-state index contributed by atoms with van der Waals surface area (Å²) in [5, 5.41) is 10.9. The molecule has 3 heterocycles. The molecular formula is C51H56N8O6. The molecule has 1 saturated heterocycles. The molecule has 4 aromatic carbocycles. The highest BCUT2D eigenvalue weighted by Gasteiger charge is 2.55. The Kier molecular flexibility index (Phi) is 12.2. The average molecular weight is 877 g/mol. The molecule has 3 aliphatic rings. The summed E-state index contributed by atoms with van der Waals surface area (Å²) in [5.74, 6) is 1.09. The van der Waals surface area contributed by atoms with E-state index in [-0.39, 0.29) is 41.1 Å². The summed E-state index contributed by atoms with van der Waals surface area (Å²) in [6, 6.07) is 28.2. The van der Waals surface area contributed by atoms with E-state index in [1.807, 2.05) is 61.5 Å². The van der Waals surface area contributed by atoms with Crippen molar-refractivity contribution in [3.8, 4) is 33.6 Å². The summed E-state index contributed by atoms with van der Waals surface area (Å²) in [6.07, 6.45) is 9.47. The number of aromatic amines is 2. The van der Waals surface area contributed by atoms with Crippen LogP contribution in [0.4, 0.5) is 9.59 Å². The first kappa shape index (κ1) is 43.3. The molecule has 14 nitrogen and oxygen atoms in total. The first-order valence-corrected chi connectivity index (χ1v) is 22.6. The quantitative estimate of drug-likeness (QED) is 0.0761. The van der Waals surface area contributed by atoms with Gasteiger partial charge in [0.25, 0.3) is 0 Å². The van der Waals surface area contributed by atoms with Gasteiger partial charge < -0.3 is 40.3 Å². The van der Waals surface area contributed by atoms with Crippen molar-refractivity contribution < 1.29 is 28.7 Å². The van der Waals surface area contributed by atoms with Crippen molar-refractivity contribution in [1.82, 2.24) is 40.8 Å². The fourth-order valence-corrected chi connectivity index (χ4v) is 9.74. The van der Waals surface area contributed by atoms with Crippen LogP contribution in [0, 0.1) is 17.3 Å². The molecule has 14 heteroatoms. The van der Waals surface area contributed by atoms with E-state index in [9.17, 15) is 19.2 Å². The van der Waals surface area contributed by atoms with Crippen LogP contribution in [0.3, 0.4) is 0 Å². The van der Waals surface area contributed by atoms with Crippen LogP contribution in [0.25, 0.3) is 44.4 Å². The lowest BCUT2D eigenvalue weighted by Gasteiger charge is -2.30. The fourth-order valence-electron chi connectivity index (χ4n) is 9.74. The normalized spacial score (nSPS) is 18.0. The van der Waals surface area contributed by atoms with Crippen molar-refractivity contribution in [1.29, 1.82) is 0 Å². The fraction of sp³-hybridized carbons (Fsp3) is 0.373. The number of ether oxygens (including phenoxy) is 2. The van der Waals surface area contributed by atoms with Crippen LogP contribution >= 0.6 is 0 Å². The van der Waals surface area contributed by atoms with Gasteiger partial charge in [-0.25, -0.2) is 19.6 Å². The summed E-state index contributed by atoms with van der Waals surface area (Å²) in [5.41, 5.74) is 6.63. The summed E-state index contributed by atoms with van der Waals surface area (Å²) in [4.78, 5) is 70.8. The molecule has 1 aliphatic heterocycles. The van der Waals surface area contributed by atoms with Crippen molar-refractivity contribution in [2.24, 2.45) is 17.3 Å². The lowest BCUT2D eigenvalue weighted by atomic mass is 9.96. The summed E-state index contributed by atoms with van der Waals surface area (Å²) in [7, 11) is 2.59. The maximum absolute atomic E-state index is 13.9. The topological polar surface area (TPSA) is 183 Å². The maximum Gasteiger partial charge on any atom is 0.407 e. The number of carbonyl (C=O) groups is 4. The third-order valence-corrected chi connectivity index (χ3v) is 13.6. The molecule has 6 aromatic rings. The molecule has 1 spiro atoms. The Labute approximate surface area is 378 Å². The van der Waals surface area contributed by atoms with E-state index in [1.54, 1.807) is 0 Å². The third-order valence-electron chi connectivity index (χ3n) is 13.6. The number of amides is 4. The van der Waals surface area contributed by atoms with E-state index in [4.69, 9.17) is 19.4 Å². The number of hydrogen-bond acceptors (Lipinski definition) is 8. The highest BCUT2D eigenvalue weighted by Crippen LogP contribution is 2.58. The predicted octanol–water partition coefficient (Wildman–Crippen LogP) is 9.17. The van der Waals surface area contributed by atoms with Gasteiger partial charge in [0.05, 0.1) is 50.1 Å². The molecule has 0 radical (unpaired) electrons. The zero-order valence-electron chi connectivity index (χ0n) is 37.2. The van der Waals surface area contributed by atoms with Gasteiger partial charge in [0.15, 0.2) is 0 Å². The van der Waals surface area contributed by atoms with Crippen molar-refractivity contribution in [3.05, 3.63) is 121 Å². The van der Waals surface area contributed by atoms with E-state index in [0.29, 0.717) is 17.9 Å². The number of alkyl carbamates (subject to hydrolysis) is 2. The number of aromatic nitrogens is 4. The van der Waals surface area contributed by atoms with Crippen molar-refractivity contribution in [2.75, 3.05) is 20.8 Å². The van der Waals surface area contributed by atoms with Gasteiger partial charge in [-0.2, -0.15) is 0 Å². The Hall–Kier alpha value is -6.96. The number of hydrogen-bond donors (Lipinski definition) is 5. The van der Waals surface area contributed by atoms with Gasteiger partial charge in [-0.15, -0.1) is 0 Å². The number of imidazole rings is 2. The predicted molar refractivity (Wildman–Crippen MR) is 247 cm³/mol. The Morgan fingerprint density at radius 3 is 2.02 bits per heavy atom. The lowest BCUT2D eigenvalue weighted by Crippen LogP contribution is -2.51. The molecule has 4 atom stereocenters. The number of methoxy groups -OCH3 is 2. The Morgan fingerprint density at radius 2 is 1.34 bits per heavy atom. The number of carbonyl (C=O) groups excluding carboxylic acids is 4. The number of fused-ring (bicyclic) bond motifs is 1. The van der Waals surface area contributed by atoms with Gasteiger partial charge >= 0.3 is 12.2 Å². The smallest absolute Gasteiger partial charge is 0.407 e. The number of rotatable bonds is 13. The van der Waals surface area contributed by atoms with Crippen LogP contribution in [0.2, 0.25) is 0 Å². The summed E-state index contributed by atoms with van der Waals surface area (Å²) in [6.45, 7) is 4.50. The van der Waals surface area contributed by atoms with E-state index < -0.39 is 24.3 Å². The molecule has 9 rings (SSSR count). The standard InChI is InChI=1S/C51H56N8O6/c1-30(2)42(57-49(62)64-3)48(61)59-29-51(22-23-51)26-41(59)45-52-28-40(54-45)38-21-20-36-24-35(18-19-37(36)25-38)31-14-16-32(17-15-31)39-27-53-46(55-39)43(33-12-8-9-13-33)56-47(60)44(58-50(63)65-4)34-10-6-5-7-11-34/h5-7,10-11,14-21,24-25,27-28,30,33,41-44H,8-9,12-13,22-23,26,29H2,1-4H3,(H,52,54)(H,53,55)(H,56,60)(H,57,62)(H,58,63)/t41-,42-,43-,44+/m0/s1. The summed E-state index contributed by atoms with van der Waals surface area (Å²) >= 11 is 0. The number of benzene rings is 4. The second kappa shape index (κ2) is 18.3. The Balaban J connectivity index is 0.892. The average Bonchev–Trinajstić information content (AvgIpc) is 3.91. The van der Waals surface area contributed by atoms with Crippen molar-refractivity contribution in [2.45, 2.75) is 83.0 Å². The lowest BCUT2D eigenvalue weighted by molar-refractivity contribution is -0.135. The number of likely N-dealkylation sites (tertiary alicyclic amines) is 1. The van der Waals surface area contributed by atoms with Gasteiger partial charge in [-0.3, -0.25) is 9.59 Å². The third kappa shape index (κ3) is 9.20. The second-order valence-corrected chi connectivity index (χ2v) is 18.3. The Morgan fingerprint density at radius 1 is 0.723 bits per heavy atom. The molecule has 336 valence electrons. The molecule has 4 amide bonds. The highest BCUT2D eigenvalue weighted by molar-refractivity contribution is 5.91. The van der Waals surface area contributed by atoms with Gasteiger partial charge in [0.1, 0.15) is 23.7 Å². The minimum atomic E-state index is -0.928. The first-order valence-electron chi connectivity index (χ1n) is 22.6. The Bertz CT molecular complexity index is 2680. The maximum atomic E-state index is 13.9. The van der Waals surface area contributed by atoms with Crippen LogP contribution in [-0.2, 0) is 19.1 Å². The SMILES string of the molecule is COC(=O)N[C@H](C(=O)N1CC2(CC2)C[C@H]1c1ncc(-c2ccc3cc(-c4ccc(-c5cnc([C@@H](NC(=O)[C@H](NC(=O)OC)c6ccccc6)C6CCCC6)[nH]5)cc4)ccc3c2)[nH]1)C(C)C.